The number of rotatable bonds is 4. The lowest BCUT2D eigenvalue weighted by Gasteiger charge is -2.00. The number of fused-ring (bicyclic) bond motifs is 1. The van der Waals surface area contributed by atoms with Crippen LogP contribution in [0.5, 0.6) is 0 Å². The van der Waals surface area contributed by atoms with Gasteiger partial charge in [0, 0.05) is 22.5 Å². The molecule has 4 aromatic rings. The molecule has 2 heterocycles. The highest BCUT2D eigenvalue weighted by atomic mass is 35.5. The number of nitro benzene ring substituents is 1. The SMILES string of the molecule is O=c1ccc2cc(N=Cc3ccc(-c4ccc(Cl)cc4[N+](=O)[O-])o3)ccc2o1. The van der Waals surface area contributed by atoms with E-state index in [2.05, 4.69) is 4.99 Å². The molecule has 0 N–H and O–H groups in total. The second-order valence-corrected chi connectivity index (χ2v) is 6.29. The molecule has 2 aromatic heterocycles. The number of aliphatic imine (C=N–C) groups is 1. The maximum absolute atomic E-state index is 11.2. The van der Waals surface area contributed by atoms with Gasteiger partial charge in [-0.15, -0.1) is 0 Å². The van der Waals surface area contributed by atoms with Crippen LogP contribution in [0.3, 0.4) is 0 Å². The summed E-state index contributed by atoms with van der Waals surface area (Å²) in [5, 5.41) is 12.3. The fourth-order valence-electron chi connectivity index (χ4n) is 2.71. The van der Waals surface area contributed by atoms with Gasteiger partial charge in [-0.3, -0.25) is 15.1 Å². The van der Waals surface area contributed by atoms with Gasteiger partial charge in [-0.2, -0.15) is 0 Å². The normalized spacial score (nSPS) is 11.3. The van der Waals surface area contributed by atoms with Crippen LogP contribution in [0.15, 0.2) is 79.3 Å². The molecule has 0 aliphatic heterocycles. The Morgan fingerprint density at radius 2 is 1.86 bits per heavy atom. The Labute approximate surface area is 162 Å². The molecule has 2 aromatic carbocycles. The minimum atomic E-state index is -0.509. The van der Waals surface area contributed by atoms with Gasteiger partial charge in [0.2, 0.25) is 0 Å². The molecule has 0 atom stereocenters. The number of halogens is 1. The van der Waals surface area contributed by atoms with Crippen molar-refractivity contribution < 1.29 is 13.8 Å². The molecule has 0 spiro atoms. The van der Waals surface area contributed by atoms with E-state index in [1.54, 1.807) is 42.5 Å². The Morgan fingerprint density at radius 1 is 1.00 bits per heavy atom. The molecule has 0 unspecified atom stereocenters. The summed E-state index contributed by atoms with van der Waals surface area (Å²) in [6, 6.07) is 15.8. The number of hydrogen-bond donors (Lipinski definition) is 0. The van der Waals surface area contributed by atoms with Crippen LogP contribution >= 0.6 is 11.6 Å². The smallest absolute Gasteiger partial charge is 0.336 e. The molecule has 0 bridgehead atoms. The number of nitrogens with zero attached hydrogens (tertiary/aromatic N) is 2. The molecule has 0 radical (unpaired) electrons. The predicted molar refractivity (Wildman–Crippen MR) is 106 cm³/mol. The molecule has 0 amide bonds. The molecule has 8 heteroatoms. The average Bonchev–Trinajstić information content (AvgIpc) is 3.15. The van der Waals surface area contributed by atoms with Gasteiger partial charge >= 0.3 is 5.63 Å². The fourth-order valence-corrected chi connectivity index (χ4v) is 2.88. The lowest BCUT2D eigenvalue weighted by Crippen LogP contribution is -1.93. The van der Waals surface area contributed by atoms with Gasteiger partial charge in [-0.1, -0.05) is 11.6 Å². The van der Waals surface area contributed by atoms with Gasteiger partial charge < -0.3 is 8.83 Å². The lowest BCUT2D eigenvalue weighted by atomic mass is 10.1. The zero-order valence-corrected chi connectivity index (χ0v) is 14.9. The Hall–Kier alpha value is -3.71. The summed E-state index contributed by atoms with van der Waals surface area (Å²) in [6.45, 7) is 0. The Bertz CT molecular complexity index is 1290. The molecular weight excluding hydrogens is 384 g/mol. The minimum Gasteiger partial charge on any atom is -0.455 e. The van der Waals surface area contributed by atoms with Crippen molar-refractivity contribution in [1.82, 2.24) is 0 Å². The van der Waals surface area contributed by atoms with Crippen LogP contribution < -0.4 is 5.63 Å². The second-order valence-electron chi connectivity index (χ2n) is 5.86. The maximum Gasteiger partial charge on any atom is 0.336 e. The minimum absolute atomic E-state index is 0.138. The standard InChI is InChI=1S/C20H11ClN2O5/c21-13-2-5-16(17(10-13)23(25)26)19-7-4-15(27-19)11-22-14-3-6-18-12(9-14)1-8-20(24)28-18/h1-11H. The number of furan rings is 1. The summed E-state index contributed by atoms with van der Waals surface area (Å²) in [7, 11) is 0. The van der Waals surface area contributed by atoms with Gasteiger partial charge in [-0.25, -0.2) is 4.79 Å². The topological polar surface area (TPSA) is 98.8 Å². The summed E-state index contributed by atoms with van der Waals surface area (Å²) < 4.78 is 10.7. The van der Waals surface area contributed by atoms with E-state index in [-0.39, 0.29) is 10.7 Å². The Balaban J connectivity index is 1.63. The molecule has 0 saturated carbocycles. The van der Waals surface area contributed by atoms with Crippen molar-refractivity contribution in [2.45, 2.75) is 0 Å². The van der Waals surface area contributed by atoms with Gasteiger partial charge in [0.1, 0.15) is 17.1 Å². The number of benzene rings is 2. The summed E-state index contributed by atoms with van der Waals surface area (Å²) in [5.74, 6) is 0.768. The molecular formula is C20H11ClN2O5. The lowest BCUT2D eigenvalue weighted by molar-refractivity contribution is -0.384. The van der Waals surface area contributed by atoms with Crippen LogP contribution in [0.1, 0.15) is 5.76 Å². The zero-order chi connectivity index (χ0) is 19.7. The Kier molecular flexibility index (Phi) is 4.50. The van der Waals surface area contributed by atoms with Crippen molar-refractivity contribution in [2.75, 3.05) is 0 Å². The van der Waals surface area contributed by atoms with Crippen molar-refractivity contribution >= 4 is 40.2 Å². The molecule has 138 valence electrons. The summed E-state index contributed by atoms with van der Waals surface area (Å²) in [5.41, 5.74) is 0.887. The van der Waals surface area contributed by atoms with Gasteiger partial charge in [0.15, 0.2) is 0 Å². The third kappa shape index (κ3) is 3.56. The van der Waals surface area contributed by atoms with Gasteiger partial charge in [-0.05, 0) is 48.5 Å². The first-order valence-electron chi connectivity index (χ1n) is 8.12. The first-order valence-corrected chi connectivity index (χ1v) is 8.49. The van der Waals surface area contributed by atoms with Crippen molar-refractivity contribution in [3.05, 3.63) is 92.0 Å². The highest BCUT2D eigenvalue weighted by molar-refractivity contribution is 6.30. The molecule has 0 aliphatic rings. The van der Waals surface area contributed by atoms with Crippen molar-refractivity contribution in [3.8, 4) is 11.3 Å². The molecule has 28 heavy (non-hydrogen) atoms. The van der Waals surface area contributed by atoms with Crippen LogP contribution in [0.4, 0.5) is 11.4 Å². The van der Waals surface area contributed by atoms with Gasteiger partial charge in [0.25, 0.3) is 5.69 Å². The van der Waals surface area contributed by atoms with Crippen LogP contribution in [0.25, 0.3) is 22.3 Å². The van der Waals surface area contributed by atoms with E-state index < -0.39 is 10.5 Å². The third-order valence-electron chi connectivity index (χ3n) is 3.99. The van der Waals surface area contributed by atoms with Gasteiger partial charge in [0.05, 0.1) is 22.4 Å². The van der Waals surface area contributed by atoms with E-state index in [4.69, 9.17) is 20.4 Å². The average molecular weight is 395 g/mol. The van der Waals surface area contributed by atoms with E-state index in [0.29, 0.717) is 28.4 Å². The van der Waals surface area contributed by atoms with E-state index in [0.717, 1.165) is 5.39 Å². The van der Waals surface area contributed by atoms with E-state index >= 15 is 0 Å². The van der Waals surface area contributed by atoms with E-state index in [1.807, 2.05) is 0 Å². The van der Waals surface area contributed by atoms with Crippen LogP contribution in [-0.2, 0) is 0 Å². The zero-order valence-electron chi connectivity index (χ0n) is 14.2. The van der Waals surface area contributed by atoms with Crippen molar-refractivity contribution in [3.63, 3.8) is 0 Å². The monoisotopic (exact) mass is 394 g/mol. The first kappa shape index (κ1) is 17.7. The fraction of sp³-hybridized carbons (Fsp3) is 0. The first-order chi connectivity index (χ1) is 13.5. The highest BCUT2D eigenvalue weighted by Gasteiger charge is 2.18. The summed E-state index contributed by atoms with van der Waals surface area (Å²) >= 11 is 5.84. The summed E-state index contributed by atoms with van der Waals surface area (Å²) in [6.07, 6.45) is 1.51. The van der Waals surface area contributed by atoms with Crippen molar-refractivity contribution in [2.24, 2.45) is 4.99 Å². The molecule has 7 nitrogen and oxygen atoms in total. The largest absolute Gasteiger partial charge is 0.455 e. The molecule has 0 fully saturated rings. The highest BCUT2D eigenvalue weighted by Crippen LogP contribution is 2.33. The Morgan fingerprint density at radius 3 is 2.68 bits per heavy atom. The molecule has 0 aliphatic carbocycles. The predicted octanol–water partition coefficient (Wildman–Crippen LogP) is 5.37. The molecule has 0 saturated heterocycles. The maximum atomic E-state index is 11.2. The van der Waals surface area contributed by atoms with E-state index in [9.17, 15) is 14.9 Å². The number of hydrogen-bond acceptors (Lipinski definition) is 6. The molecule has 4 rings (SSSR count). The quantitative estimate of drug-likeness (QED) is 0.200. The van der Waals surface area contributed by atoms with Crippen LogP contribution in [0, 0.1) is 10.1 Å². The van der Waals surface area contributed by atoms with Crippen molar-refractivity contribution in [1.29, 1.82) is 0 Å². The van der Waals surface area contributed by atoms with Crippen LogP contribution in [-0.4, -0.2) is 11.1 Å². The third-order valence-corrected chi connectivity index (χ3v) is 4.23. The van der Waals surface area contributed by atoms with E-state index in [1.165, 1.54) is 24.4 Å². The number of nitro groups is 1. The summed E-state index contributed by atoms with van der Waals surface area (Å²) in [4.78, 5) is 26.3. The second kappa shape index (κ2) is 7.13. The van der Waals surface area contributed by atoms with Crippen LogP contribution in [0.2, 0.25) is 5.02 Å².